The van der Waals surface area contributed by atoms with Gasteiger partial charge in [-0.25, -0.2) is 25.5 Å². The fraction of sp³-hybridized carbons (Fsp3) is 0.286. The van der Waals surface area contributed by atoms with Crippen molar-refractivity contribution in [2.24, 2.45) is 0 Å². The summed E-state index contributed by atoms with van der Waals surface area (Å²) in [6, 6.07) is 5.94. The Bertz CT molecular complexity index is 1580. The first-order valence-corrected chi connectivity index (χ1v) is 13.6. The minimum atomic E-state index is -3.83. The van der Waals surface area contributed by atoms with E-state index in [2.05, 4.69) is 10.3 Å². The lowest BCUT2D eigenvalue weighted by Crippen LogP contribution is -2.35. The molecular weight excluding hydrogens is 503 g/mol. The van der Waals surface area contributed by atoms with Gasteiger partial charge in [-0.1, -0.05) is 6.07 Å². The molecule has 0 unspecified atom stereocenters. The minimum Gasteiger partial charge on any atom is -0.505 e. The van der Waals surface area contributed by atoms with Gasteiger partial charge in [-0.15, -0.1) is 0 Å². The van der Waals surface area contributed by atoms with Crippen molar-refractivity contribution >= 4 is 36.8 Å². The monoisotopic (exact) mass is 526 g/mol. The molecule has 14 heteroatoms. The van der Waals surface area contributed by atoms with Gasteiger partial charge in [0.25, 0.3) is 11.5 Å². The standard InChI is InChI=1S/C21H23FN4O7S2/c1-25(2)35(32,33)10-9-26-15-5-4-8-23-18(15)19(27)17(21(26)29)20(28)24-12-13-6-7-14(22)11-16(13)34(3,30)31/h4-8,11,27H,9-10,12H2,1-3H3,(H,24,28). The minimum absolute atomic E-state index is 0.0676. The van der Waals surface area contributed by atoms with Gasteiger partial charge in [0, 0.05) is 39.6 Å². The summed E-state index contributed by atoms with van der Waals surface area (Å²) < 4.78 is 64.0. The number of hydrogen-bond acceptors (Lipinski definition) is 8. The molecule has 0 radical (unpaired) electrons. The second-order valence-electron chi connectivity index (χ2n) is 7.86. The second-order valence-corrected chi connectivity index (χ2v) is 12.1. The Morgan fingerprint density at radius 3 is 2.51 bits per heavy atom. The van der Waals surface area contributed by atoms with Gasteiger partial charge in [0.1, 0.15) is 16.9 Å². The molecule has 3 rings (SSSR count). The number of rotatable bonds is 8. The number of sulfonamides is 1. The second kappa shape index (κ2) is 9.71. The summed E-state index contributed by atoms with van der Waals surface area (Å²) >= 11 is 0. The summed E-state index contributed by atoms with van der Waals surface area (Å²) in [5, 5.41) is 13.0. The Balaban J connectivity index is 2.03. The van der Waals surface area contributed by atoms with E-state index in [9.17, 15) is 35.9 Å². The molecule has 0 bridgehead atoms. The van der Waals surface area contributed by atoms with Gasteiger partial charge in [-0.05, 0) is 29.8 Å². The molecule has 0 fully saturated rings. The summed E-state index contributed by atoms with van der Waals surface area (Å²) in [5.74, 6) is -3.00. The van der Waals surface area contributed by atoms with E-state index in [1.807, 2.05) is 0 Å². The molecule has 2 aromatic heterocycles. The molecule has 0 saturated carbocycles. The lowest BCUT2D eigenvalue weighted by atomic mass is 10.1. The molecule has 2 heterocycles. The number of carbonyl (C=O) groups excluding carboxylic acids is 1. The van der Waals surface area contributed by atoms with Crippen LogP contribution in [0.5, 0.6) is 5.75 Å². The van der Waals surface area contributed by atoms with Crippen molar-refractivity contribution in [1.29, 1.82) is 0 Å². The van der Waals surface area contributed by atoms with Crippen molar-refractivity contribution in [3.8, 4) is 5.75 Å². The number of amides is 1. The molecule has 0 spiro atoms. The van der Waals surface area contributed by atoms with Gasteiger partial charge in [-0.3, -0.25) is 14.6 Å². The van der Waals surface area contributed by atoms with Crippen LogP contribution in [0.2, 0.25) is 0 Å². The number of aromatic nitrogens is 2. The van der Waals surface area contributed by atoms with E-state index in [0.717, 1.165) is 27.3 Å². The van der Waals surface area contributed by atoms with Crippen LogP contribution in [0.4, 0.5) is 4.39 Å². The lowest BCUT2D eigenvalue weighted by molar-refractivity contribution is 0.0946. The maximum Gasteiger partial charge on any atom is 0.267 e. The van der Waals surface area contributed by atoms with Crippen molar-refractivity contribution < 1.29 is 31.1 Å². The number of aryl methyl sites for hydroxylation is 1. The average Bonchev–Trinajstić information content (AvgIpc) is 2.77. The maximum absolute atomic E-state index is 13.6. The quantitative estimate of drug-likeness (QED) is 0.429. The van der Waals surface area contributed by atoms with E-state index in [-0.39, 0.29) is 28.0 Å². The molecule has 35 heavy (non-hydrogen) atoms. The number of halogens is 1. The summed E-state index contributed by atoms with van der Waals surface area (Å²) in [5.41, 5.74) is -1.56. The number of carbonyl (C=O) groups is 1. The van der Waals surface area contributed by atoms with E-state index >= 15 is 0 Å². The van der Waals surface area contributed by atoms with E-state index in [0.29, 0.717) is 0 Å². The van der Waals surface area contributed by atoms with Gasteiger partial charge >= 0.3 is 0 Å². The topological polar surface area (TPSA) is 156 Å². The number of aromatic hydroxyl groups is 1. The summed E-state index contributed by atoms with van der Waals surface area (Å²) in [6.07, 6.45) is 2.21. The van der Waals surface area contributed by atoms with E-state index in [1.54, 1.807) is 0 Å². The third-order valence-corrected chi connectivity index (χ3v) is 8.21. The van der Waals surface area contributed by atoms with E-state index in [1.165, 1.54) is 38.5 Å². The summed E-state index contributed by atoms with van der Waals surface area (Å²) in [6.45, 7) is -0.714. The zero-order valence-electron chi connectivity index (χ0n) is 19.0. The number of pyridine rings is 2. The van der Waals surface area contributed by atoms with Crippen LogP contribution >= 0.6 is 0 Å². The van der Waals surface area contributed by atoms with Crippen LogP contribution in [0.25, 0.3) is 11.0 Å². The molecule has 188 valence electrons. The summed E-state index contributed by atoms with van der Waals surface area (Å²) in [4.78, 5) is 29.8. The molecule has 11 nitrogen and oxygen atoms in total. The zero-order chi connectivity index (χ0) is 26.1. The summed E-state index contributed by atoms with van der Waals surface area (Å²) in [7, 11) is -4.84. The highest BCUT2D eigenvalue weighted by molar-refractivity contribution is 7.90. The van der Waals surface area contributed by atoms with Crippen molar-refractivity contribution in [3.63, 3.8) is 0 Å². The highest BCUT2D eigenvalue weighted by atomic mass is 32.2. The van der Waals surface area contributed by atoms with E-state index in [4.69, 9.17) is 0 Å². The average molecular weight is 527 g/mol. The van der Waals surface area contributed by atoms with Crippen LogP contribution in [-0.4, -0.2) is 67.8 Å². The number of benzene rings is 1. The lowest BCUT2D eigenvalue weighted by Gasteiger charge is -2.16. The highest BCUT2D eigenvalue weighted by Crippen LogP contribution is 2.25. The highest BCUT2D eigenvalue weighted by Gasteiger charge is 2.25. The van der Waals surface area contributed by atoms with Gasteiger partial charge < -0.3 is 15.0 Å². The van der Waals surface area contributed by atoms with Crippen LogP contribution in [-0.2, 0) is 33.0 Å². The Morgan fingerprint density at radius 1 is 1.20 bits per heavy atom. The number of nitrogens with one attached hydrogen (secondary N) is 1. The van der Waals surface area contributed by atoms with Crippen LogP contribution in [0.15, 0.2) is 46.2 Å². The first kappa shape index (κ1) is 26.2. The Hall–Kier alpha value is -3.36. The third-order valence-electron chi connectivity index (χ3n) is 5.22. The van der Waals surface area contributed by atoms with Gasteiger partial charge in [0.05, 0.1) is 16.2 Å². The van der Waals surface area contributed by atoms with Crippen LogP contribution in [0, 0.1) is 5.82 Å². The third kappa shape index (κ3) is 5.49. The van der Waals surface area contributed by atoms with Crippen molar-refractivity contribution in [1.82, 2.24) is 19.2 Å². The number of nitrogens with zero attached hydrogens (tertiary/aromatic N) is 3. The molecule has 2 N–H and O–H groups in total. The number of sulfone groups is 1. The first-order valence-electron chi connectivity index (χ1n) is 10.1. The largest absolute Gasteiger partial charge is 0.505 e. The van der Waals surface area contributed by atoms with Crippen LogP contribution in [0.1, 0.15) is 15.9 Å². The molecule has 0 atom stereocenters. The molecular formula is C21H23FN4O7S2. The Kier molecular flexibility index (Phi) is 7.29. The number of fused-ring (bicyclic) bond motifs is 1. The van der Waals surface area contributed by atoms with E-state index < -0.39 is 60.8 Å². The molecule has 0 aliphatic rings. The predicted molar refractivity (Wildman–Crippen MR) is 126 cm³/mol. The fourth-order valence-electron chi connectivity index (χ4n) is 3.36. The molecule has 1 aromatic carbocycles. The molecule has 0 aliphatic heterocycles. The first-order chi connectivity index (χ1) is 16.2. The zero-order valence-corrected chi connectivity index (χ0v) is 20.7. The molecule has 0 aliphatic carbocycles. The van der Waals surface area contributed by atoms with Crippen LogP contribution in [0.3, 0.4) is 0 Å². The van der Waals surface area contributed by atoms with Gasteiger partial charge in [0.2, 0.25) is 10.0 Å². The normalized spacial score (nSPS) is 12.3. The smallest absolute Gasteiger partial charge is 0.267 e. The maximum atomic E-state index is 13.6. The molecule has 0 saturated heterocycles. The number of hydrogen-bond donors (Lipinski definition) is 2. The molecule has 3 aromatic rings. The van der Waals surface area contributed by atoms with Gasteiger partial charge in [0.15, 0.2) is 15.6 Å². The van der Waals surface area contributed by atoms with Crippen molar-refractivity contribution in [3.05, 3.63) is 63.8 Å². The molecule has 1 amide bonds. The van der Waals surface area contributed by atoms with Crippen molar-refractivity contribution in [2.45, 2.75) is 18.0 Å². The van der Waals surface area contributed by atoms with Gasteiger partial charge in [-0.2, -0.15) is 0 Å². The Morgan fingerprint density at radius 2 is 1.89 bits per heavy atom. The fourth-order valence-corrected chi connectivity index (χ4v) is 5.08. The SMILES string of the molecule is CN(C)S(=O)(=O)CCn1c(=O)c(C(=O)NCc2ccc(F)cc2S(C)(=O)=O)c(O)c2ncccc21. The predicted octanol–water partition coefficient (Wildman–Crippen LogP) is 0.466. The van der Waals surface area contributed by atoms with Crippen molar-refractivity contribution in [2.75, 3.05) is 26.1 Å². The van der Waals surface area contributed by atoms with Crippen LogP contribution < -0.4 is 10.9 Å². The Labute approximate surface area is 200 Å².